The van der Waals surface area contributed by atoms with Gasteiger partial charge in [0, 0.05) is 12.6 Å². The van der Waals surface area contributed by atoms with Gasteiger partial charge in [-0.3, -0.25) is 0 Å². The van der Waals surface area contributed by atoms with Gasteiger partial charge in [-0.15, -0.1) is 0 Å². The molecule has 0 spiro atoms. The van der Waals surface area contributed by atoms with Gasteiger partial charge in [-0.1, -0.05) is 6.42 Å². The summed E-state index contributed by atoms with van der Waals surface area (Å²) in [6.07, 6.45) is 3.68. The number of rotatable bonds is 3. The third-order valence-electron chi connectivity index (χ3n) is 2.82. The standard InChI is InChI=1S/C11H12BrF2N/c12-8-4-11(10(14)5-9(8)13)15-6-7-2-1-3-7/h4-5,7,15H,1-3,6H2. The Labute approximate surface area is 96.0 Å². The Bertz CT molecular complexity index is 364. The van der Waals surface area contributed by atoms with Crippen LogP contribution in [0.3, 0.4) is 0 Å². The van der Waals surface area contributed by atoms with Crippen molar-refractivity contribution in [2.24, 2.45) is 5.92 Å². The molecule has 0 aromatic heterocycles. The minimum atomic E-state index is -0.568. The molecule has 1 aromatic rings. The van der Waals surface area contributed by atoms with E-state index in [2.05, 4.69) is 21.2 Å². The molecular formula is C11H12BrF2N. The summed E-state index contributed by atoms with van der Waals surface area (Å²) in [5.41, 5.74) is 0.371. The highest BCUT2D eigenvalue weighted by atomic mass is 79.9. The summed E-state index contributed by atoms with van der Waals surface area (Å²) >= 11 is 3.04. The third-order valence-corrected chi connectivity index (χ3v) is 3.42. The van der Waals surface area contributed by atoms with Crippen molar-refractivity contribution in [2.45, 2.75) is 19.3 Å². The van der Waals surface area contributed by atoms with Crippen LogP contribution in [0.1, 0.15) is 19.3 Å². The van der Waals surface area contributed by atoms with Crippen LogP contribution in [-0.2, 0) is 0 Å². The van der Waals surface area contributed by atoms with E-state index in [4.69, 9.17) is 0 Å². The van der Waals surface area contributed by atoms with E-state index in [0.717, 1.165) is 12.6 Å². The lowest BCUT2D eigenvalue weighted by atomic mass is 9.85. The lowest BCUT2D eigenvalue weighted by Crippen LogP contribution is -2.21. The van der Waals surface area contributed by atoms with Crippen LogP contribution in [0.15, 0.2) is 16.6 Å². The lowest BCUT2D eigenvalue weighted by Gasteiger charge is -2.26. The van der Waals surface area contributed by atoms with Crippen LogP contribution in [0.2, 0.25) is 0 Å². The summed E-state index contributed by atoms with van der Waals surface area (Å²) in [6.45, 7) is 0.773. The molecule has 0 saturated heterocycles. The Morgan fingerprint density at radius 1 is 1.27 bits per heavy atom. The molecule has 0 unspecified atom stereocenters. The molecule has 1 nitrogen and oxygen atoms in total. The summed E-state index contributed by atoms with van der Waals surface area (Å²) in [4.78, 5) is 0. The molecule has 2 rings (SSSR count). The number of hydrogen-bond donors (Lipinski definition) is 1. The molecule has 0 amide bonds. The van der Waals surface area contributed by atoms with Gasteiger partial charge in [0.05, 0.1) is 10.2 Å². The zero-order valence-corrected chi connectivity index (χ0v) is 9.78. The van der Waals surface area contributed by atoms with Crippen LogP contribution in [0, 0.1) is 17.6 Å². The minimum Gasteiger partial charge on any atom is -0.382 e. The van der Waals surface area contributed by atoms with Crippen LogP contribution in [0.4, 0.5) is 14.5 Å². The highest BCUT2D eigenvalue weighted by molar-refractivity contribution is 9.10. The number of halogens is 3. The highest BCUT2D eigenvalue weighted by Gasteiger charge is 2.17. The van der Waals surface area contributed by atoms with Gasteiger partial charge in [-0.05, 0) is 40.8 Å². The molecule has 0 heterocycles. The Balaban J connectivity index is 2.03. The van der Waals surface area contributed by atoms with Crippen molar-refractivity contribution in [3.8, 4) is 0 Å². The molecule has 0 aliphatic heterocycles. The summed E-state index contributed by atoms with van der Waals surface area (Å²) in [5.74, 6) is -0.454. The van der Waals surface area contributed by atoms with Gasteiger partial charge >= 0.3 is 0 Å². The summed E-state index contributed by atoms with van der Waals surface area (Å²) < 4.78 is 26.5. The molecular weight excluding hydrogens is 264 g/mol. The predicted molar refractivity (Wildman–Crippen MR) is 59.9 cm³/mol. The topological polar surface area (TPSA) is 12.0 Å². The van der Waals surface area contributed by atoms with E-state index in [1.165, 1.54) is 25.3 Å². The van der Waals surface area contributed by atoms with Gasteiger partial charge < -0.3 is 5.32 Å². The number of benzene rings is 1. The molecule has 0 radical (unpaired) electrons. The van der Waals surface area contributed by atoms with Gasteiger partial charge in [-0.2, -0.15) is 0 Å². The van der Waals surface area contributed by atoms with E-state index < -0.39 is 11.6 Å². The molecule has 82 valence electrons. The molecule has 1 saturated carbocycles. The van der Waals surface area contributed by atoms with Crippen LogP contribution in [0.5, 0.6) is 0 Å². The van der Waals surface area contributed by atoms with E-state index in [1.807, 2.05) is 0 Å². The molecule has 1 aliphatic rings. The molecule has 1 aliphatic carbocycles. The van der Waals surface area contributed by atoms with Crippen LogP contribution in [0.25, 0.3) is 0 Å². The molecule has 0 atom stereocenters. The van der Waals surface area contributed by atoms with Gasteiger partial charge in [0.25, 0.3) is 0 Å². The predicted octanol–water partition coefficient (Wildman–Crippen LogP) is 3.94. The van der Waals surface area contributed by atoms with E-state index in [0.29, 0.717) is 16.1 Å². The van der Waals surface area contributed by atoms with E-state index in [9.17, 15) is 8.78 Å². The fraction of sp³-hybridized carbons (Fsp3) is 0.455. The molecule has 0 bridgehead atoms. The Morgan fingerprint density at radius 3 is 2.60 bits per heavy atom. The fourth-order valence-electron chi connectivity index (χ4n) is 1.61. The SMILES string of the molecule is Fc1cc(F)c(NCC2CCC2)cc1Br. The maximum atomic E-state index is 13.3. The first-order valence-electron chi connectivity index (χ1n) is 5.05. The van der Waals surface area contributed by atoms with Crippen molar-refractivity contribution in [3.63, 3.8) is 0 Å². The van der Waals surface area contributed by atoms with Crippen LogP contribution < -0.4 is 5.32 Å². The monoisotopic (exact) mass is 275 g/mol. The summed E-state index contributed by atoms with van der Waals surface area (Å²) in [5, 5.41) is 3.01. The molecule has 4 heteroatoms. The molecule has 15 heavy (non-hydrogen) atoms. The van der Waals surface area contributed by atoms with Crippen molar-refractivity contribution in [1.29, 1.82) is 0 Å². The first kappa shape index (κ1) is 10.9. The average molecular weight is 276 g/mol. The second-order valence-electron chi connectivity index (χ2n) is 3.92. The minimum absolute atomic E-state index is 0.292. The van der Waals surface area contributed by atoms with E-state index >= 15 is 0 Å². The number of nitrogens with one attached hydrogen (secondary N) is 1. The van der Waals surface area contributed by atoms with Crippen molar-refractivity contribution >= 4 is 21.6 Å². The largest absolute Gasteiger partial charge is 0.382 e. The van der Waals surface area contributed by atoms with Crippen molar-refractivity contribution in [3.05, 3.63) is 28.2 Å². The quantitative estimate of drug-likeness (QED) is 0.824. The van der Waals surface area contributed by atoms with E-state index in [1.54, 1.807) is 0 Å². The molecule has 1 N–H and O–H groups in total. The highest BCUT2D eigenvalue weighted by Crippen LogP contribution is 2.28. The second-order valence-corrected chi connectivity index (χ2v) is 4.78. The fourth-order valence-corrected chi connectivity index (χ4v) is 1.95. The smallest absolute Gasteiger partial charge is 0.149 e. The second kappa shape index (κ2) is 4.47. The zero-order valence-electron chi connectivity index (χ0n) is 8.19. The normalized spacial score (nSPS) is 16.2. The van der Waals surface area contributed by atoms with Crippen molar-refractivity contribution in [1.82, 2.24) is 0 Å². The van der Waals surface area contributed by atoms with Gasteiger partial charge in [0.2, 0.25) is 0 Å². The van der Waals surface area contributed by atoms with Crippen LogP contribution in [-0.4, -0.2) is 6.54 Å². The summed E-state index contributed by atoms with van der Waals surface area (Å²) in [6, 6.07) is 2.34. The Kier molecular flexibility index (Phi) is 3.24. The van der Waals surface area contributed by atoms with E-state index in [-0.39, 0.29) is 0 Å². The summed E-state index contributed by atoms with van der Waals surface area (Å²) in [7, 11) is 0. The maximum absolute atomic E-state index is 13.3. The Hall–Kier alpha value is -0.640. The van der Waals surface area contributed by atoms with Gasteiger partial charge in [0.1, 0.15) is 11.6 Å². The average Bonchev–Trinajstić information content (AvgIpc) is 2.11. The first-order chi connectivity index (χ1) is 7.16. The first-order valence-corrected chi connectivity index (χ1v) is 5.84. The number of anilines is 1. The number of hydrogen-bond acceptors (Lipinski definition) is 1. The maximum Gasteiger partial charge on any atom is 0.149 e. The Morgan fingerprint density at radius 2 is 2.00 bits per heavy atom. The van der Waals surface area contributed by atoms with Gasteiger partial charge in [-0.25, -0.2) is 8.78 Å². The molecule has 1 aromatic carbocycles. The third kappa shape index (κ3) is 2.48. The van der Waals surface area contributed by atoms with Crippen molar-refractivity contribution in [2.75, 3.05) is 11.9 Å². The van der Waals surface area contributed by atoms with Crippen LogP contribution >= 0.6 is 15.9 Å². The van der Waals surface area contributed by atoms with Gasteiger partial charge in [0.15, 0.2) is 0 Å². The zero-order chi connectivity index (χ0) is 10.8. The molecule has 1 fully saturated rings. The van der Waals surface area contributed by atoms with Crippen molar-refractivity contribution < 1.29 is 8.78 Å². The lowest BCUT2D eigenvalue weighted by molar-refractivity contribution is 0.333.